The largest absolute Gasteiger partial charge is 0.369 e. The lowest BCUT2D eigenvalue weighted by Crippen LogP contribution is -2.16. The number of thiophene rings is 1. The number of rotatable bonds is 3. The van der Waals surface area contributed by atoms with Crippen LogP contribution >= 0.6 is 11.3 Å². The topological polar surface area (TPSA) is 29.0 Å². The lowest BCUT2D eigenvalue weighted by atomic mass is 10.2. The van der Waals surface area contributed by atoms with Crippen molar-refractivity contribution in [2.45, 2.75) is 6.54 Å². The second kappa shape index (κ2) is 4.74. The van der Waals surface area contributed by atoms with Crippen molar-refractivity contribution in [3.8, 4) is 0 Å². The van der Waals surface area contributed by atoms with Crippen molar-refractivity contribution in [2.24, 2.45) is 0 Å². The Labute approximate surface area is 110 Å². The van der Waals surface area contributed by atoms with Crippen molar-refractivity contribution >= 4 is 27.2 Å². The van der Waals surface area contributed by atoms with Gasteiger partial charge in [0.1, 0.15) is 0 Å². The molecule has 0 spiro atoms. The average Bonchev–Trinajstić information content (AvgIpc) is 2.87. The maximum atomic E-state index is 4.36. The van der Waals surface area contributed by atoms with Crippen molar-refractivity contribution in [3.05, 3.63) is 53.8 Å². The molecule has 0 aliphatic rings. The zero-order valence-corrected chi connectivity index (χ0v) is 10.9. The van der Waals surface area contributed by atoms with Gasteiger partial charge in [0, 0.05) is 32.2 Å². The number of nitrogens with zero attached hydrogens (tertiary/aromatic N) is 3. The van der Waals surface area contributed by atoms with Gasteiger partial charge in [-0.15, -0.1) is 11.3 Å². The Kier molecular flexibility index (Phi) is 2.94. The average molecular weight is 255 g/mol. The van der Waals surface area contributed by atoms with Gasteiger partial charge < -0.3 is 4.90 Å². The van der Waals surface area contributed by atoms with Gasteiger partial charge in [-0.05, 0) is 29.1 Å². The fraction of sp³-hybridized carbons (Fsp3) is 0.143. The molecule has 0 unspecified atom stereocenters. The zero-order chi connectivity index (χ0) is 12.4. The molecule has 0 bridgehead atoms. The molecule has 3 aromatic rings. The highest BCUT2D eigenvalue weighted by Gasteiger charge is 2.08. The standard InChI is InChI=1S/C14H13N3S/c1-17(10-11-3-2-6-15-9-11)13-4-7-16-12-5-8-18-14(12)13/h2-9H,10H2,1H3. The highest BCUT2D eigenvalue weighted by Crippen LogP contribution is 2.29. The number of hydrogen-bond acceptors (Lipinski definition) is 4. The van der Waals surface area contributed by atoms with Gasteiger partial charge in [0.2, 0.25) is 0 Å². The monoisotopic (exact) mass is 255 g/mol. The van der Waals surface area contributed by atoms with E-state index >= 15 is 0 Å². The minimum atomic E-state index is 0.852. The lowest BCUT2D eigenvalue weighted by molar-refractivity contribution is 0.920. The van der Waals surface area contributed by atoms with Crippen molar-refractivity contribution in [3.63, 3.8) is 0 Å². The summed E-state index contributed by atoms with van der Waals surface area (Å²) in [6.45, 7) is 0.852. The van der Waals surface area contributed by atoms with Crippen LogP contribution in [0.3, 0.4) is 0 Å². The summed E-state index contributed by atoms with van der Waals surface area (Å²) in [4.78, 5) is 10.7. The third-order valence-electron chi connectivity index (χ3n) is 2.88. The number of anilines is 1. The predicted molar refractivity (Wildman–Crippen MR) is 76.0 cm³/mol. The van der Waals surface area contributed by atoms with Crippen molar-refractivity contribution in [2.75, 3.05) is 11.9 Å². The quantitative estimate of drug-likeness (QED) is 0.719. The van der Waals surface area contributed by atoms with Gasteiger partial charge in [0.25, 0.3) is 0 Å². The summed E-state index contributed by atoms with van der Waals surface area (Å²) in [5, 5.41) is 2.08. The molecule has 0 atom stereocenters. The summed E-state index contributed by atoms with van der Waals surface area (Å²) in [6, 6.07) is 8.18. The fourth-order valence-corrected chi connectivity index (χ4v) is 2.93. The van der Waals surface area contributed by atoms with Crippen molar-refractivity contribution in [1.29, 1.82) is 0 Å². The van der Waals surface area contributed by atoms with Crippen LogP contribution in [0.15, 0.2) is 48.2 Å². The van der Waals surface area contributed by atoms with Crippen LogP contribution in [0.1, 0.15) is 5.56 Å². The van der Waals surface area contributed by atoms with E-state index < -0.39 is 0 Å². The minimum absolute atomic E-state index is 0.852. The molecular formula is C14H13N3S. The lowest BCUT2D eigenvalue weighted by Gasteiger charge is -2.19. The second-order valence-electron chi connectivity index (χ2n) is 4.18. The molecule has 0 aromatic carbocycles. The summed E-state index contributed by atoms with van der Waals surface area (Å²) < 4.78 is 1.24. The van der Waals surface area contributed by atoms with Crippen LogP contribution in [0.25, 0.3) is 10.2 Å². The van der Waals surface area contributed by atoms with E-state index in [1.54, 1.807) is 17.5 Å². The van der Waals surface area contributed by atoms with Gasteiger partial charge in [-0.2, -0.15) is 0 Å². The first-order valence-corrected chi connectivity index (χ1v) is 6.65. The molecule has 0 N–H and O–H groups in total. The SMILES string of the molecule is CN(Cc1cccnc1)c1ccnc2ccsc12. The van der Waals surface area contributed by atoms with E-state index in [1.807, 2.05) is 18.5 Å². The maximum absolute atomic E-state index is 4.36. The molecular weight excluding hydrogens is 242 g/mol. The molecule has 0 aliphatic heterocycles. The molecule has 0 aliphatic carbocycles. The second-order valence-corrected chi connectivity index (χ2v) is 5.10. The van der Waals surface area contributed by atoms with Crippen LogP contribution in [0.2, 0.25) is 0 Å². The number of aromatic nitrogens is 2. The Morgan fingerprint density at radius 1 is 1.22 bits per heavy atom. The van der Waals surface area contributed by atoms with Crippen molar-refractivity contribution in [1.82, 2.24) is 9.97 Å². The van der Waals surface area contributed by atoms with Gasteiger partial charge in [-0.3, -0.25) is 9.97 Å². The Morgan fingerprint density at radius 3 is 3.00 bits per heavy atom. The van der Waals surface area contributed by atoms with Crippen LogP contribution in [0, 0.1) is 0 Å². The van der Waals surface area contributed by atoms with Crippen LogP contribution in [-0.2, 0) is 6.54 Å². The number of fused-ring (bicyclic) bond motifs is 1. The van der Waals surface area contributed by atoms with E-state index in [0.29, 0.717) is 0 Å². The normalized spacial score (nSPS) is 10.7. The predicted octanol–water partition coefficient (Wildman–Crippen LogP) is 3.33. The maximum Gasteiger partial charge on any atom is 0.0830 e. The Balaban J connectivity index is 1.92. The van der Waals surface area contributed by atoms with Crippen LogP contribution < -0.4 is 4.90 Å². The van der Waals surface area contributed by atoms with Gasteiger partial charge in [0.15, 0.2) is 0 Å². The molecule has 4 heteroatoms. The van der Waals surface area contributed by atoms with E-state index in [2.05, 4.69) is 45.5 Å². The highest BCUT2D eigenvalue weighted by atomic mass is 32.1. The first-order valence-electron chi connectivity index (χ1n) is 5.77. The van der Waals surface area contributed by atoms with Crippen LogP contribution in [-0.4, -0.2) is 17.0 Å². The van der Waals surface area contributed by atoms with E-state index in [0.717, 1.165) is 12.1 Å². The molecule has 0 saturated heterocycles. The summed E-state index contributed by atoms with van der Waals surface area (Å²) in [6.07, 6.45) is 5.57. The molecule has 0 saturated carbocycles. The molecule has 0 fully saturated rings. The zero-order valence-electron chi connectivity index (χ0n) is 10.1. The summed E-state index contributed by atoms with van der Waals surface area (Å²) in [7, 11) is 2.10. The van der Waals surface area contributed by atoms with Gasteiger partial charge in [-0.1, -0.05) is 6.07 Å². The van der Waals surface area contributed by atoms with E-state index in [-0.39, 0.29) is 0 Å². The first kappa shape index (κ1) is 11.2. The molecule has 18 heavy (non-hydrogen) atoms. The Bertz CT molecular complexity index is 648. The molecule has 3 heterocycles. The molecule has 3 nitrogen and oxygen atoms in total. The molecule has 3 rings (SSSR count). The summed E-state index contributed by atoms with van der Waals surface area (Å²) >= 11 is 1.73. The minimum Gasteiger partial charge on any atom is -0.369 e. The first-order chi connectivity index (χ1) is 8.84. The molecule has 3 aromatic heterocycles. The van der Waals surface area contributed by atoms with Gasteiger partial charge in [-0.25, -0.2) is 0 Å². The molecule has 90 valence electrons. The Morgan fingerprint density at radius 2 is 2.17 bits per heavy atom. The van der Waals surface area contributed by atoms with E-state index in [9.17, 15) is 0 Å². The van der Waals surface area contributed by atoms with Crippen molar-refractivity contribution < 1.29 is 0 Å². The third-order valence-corrected chi connectivity index (χ3v) is 3.80. The van der Waals surface area contributed by atoms with Crippen LogP contribution in [0.5, 0.6) is 0 Å². The molecule has 0 radical (unpaired) electrons. The molecule has 0 amide bonds. The van der Waals surface area contributed by atoms with E-state index in [1.165, 1.54) is 16.0 Å². The number of hydrogen-bond donors (Lipinski definition) is 0. The number of pyridine rings is 2. The van der Waals surface area contributed by atoms with E-state index in [4.69, 9.17) is 0 Å². The smallest absolute Gasteiger partial charge is 0.0830 e. The fourth-order valence-electron chi connectivity index (χ4n) is 2.01. The third kappa shape index (κ3) is 2.07. The Hall–Kier alpha value is -1.94. The summed E-state index contributed by atoms with van der Waals surface area (Å²) in [5.41, 5.74) is 3.50. The summed E-state index contributed by atoms with van der Waals surface area (Å²) in [5.74, 6) is 0. The highest BCUT2D eigenvalue weighted by molar-refractivity contribution is 7.17. The van der Waals surface area contributed by atoms with Gasteiger partial charge >= 0.3 is 0 Å². The van der Waals surface area contributed by atoms with Gasteiger partial charge in [0.05, 0.1) is 15.9 Å². The van der Waals surface area contributed by atoms with Crippen LogP contribution in [0.4, 0.5) is 5.69 Å².